The van der Waals surface area contributed by atoms with Gasteiger partial charge >= 0.3 is 0 Å². The molecule has 0 aliphatic carbocycles. The monoisotopic (exact) mass is 390 g/mol. The van der Waals surface area contributed by atoms with Crippen molar-refractivity contribution in [3.63, 3.8) is 0 Å². The van der Waals surface area contributed by atoms with Crippen molar-refractivity contribution in [1.29, 1.82) is 0 Å². The molecule has 28 heavy (non-hydrogen) atoms. The molecule has 6 heteroatoms. The van der Waals surface area contributed by atoms with Crippen LogP contribution in [0.25, 0.3) is 0 Å². The molecule has 2 aromatic carbocycles. The molecule has 0 saturated heterocycles. The normalized spacial score (nSPS) is 23.3. The minimum Gasteiger partial charge on any atom is -0.367 e. The maximum absolute atomic E-state index is 13.3. The van der Waals surface area contributed by atoms with Crippen molar-refractivity contribution >= 4 is 23.2 Å². The lowest BCUT2D eigenvalue weighted by atomic mass is 10.0. The molecule has 5 rings (SSSR count). The number of rotatable bonds is 3. The molecule has 2 unspecified atom stereocenters. The third-order valence-electron chi connectivity index (χ3n) is 5.56. The van der Waals surface area contributed by atoms with E-state index in [4.69, 9.17) is 0 Å². The predicted octanol–water partition coefficient (Wildman–Crippen LogP) is 3.72. The molecule has 1 aromatic heterocycles. The molecule has 0 spiro atoms. The smallest absolute Gasteiger partial charge is 0.258 e. The molecule has 0 fully saturated rings. The van der Waals surface area contributed by atoms with Gasteiger partial charge in [-0.1, -0.05) is 36.4 Å². The van der Waals surface area contributed by atoms with Gasteiger partial charge in [-0.25, -0.2) is 0 Å². The second kappa shape index (κ2) is 6.02. The Morgan fingerprint density at radius 3 is 2.43 bits per heavy atom. The summed E-state index contributed by atoms with van der Waals surface area (Å²) in [5.41, 5.74) is 1.83. The number of benzene rings is 2. The van der Waals surface area contributed by atoms with Gasteiger partial charge in [0.25, 0.3) is 11.8 Å². The van der Waals surface area contributed by atoms with Crippen molar-refractivity contribution in [3.8, 4) is 0 Å². The number of hydrogen-bond acceptors (Lipinski definition) is 4. The summed E-state index contributed by atoms with van der Waals surface area (Å²) in [6.45, 7) is 1.99. The van der Waals surface area contributed by atoms with Gasteiger partial charge in [-0.15, -0.1) is 0 Å². The van der Waals surface area contributed by atoms with Crippen LogP contribution in [0, 0.1) is 0 Å². The second-order valence-electron chi connectivity index (χ2n) is 7.27. The molecule has 2 aliphatic heterocycles. The van der Waals surface area contributed by atoms with Crippen molar-refractivity contribution in [2.45, 2.75) is 25.4 Å². The third kappa shape index (κ3) is 2.28. The first kappa shape index (κ1) is 17.2. The fraction of sp³-hybridized carbons (Fsp3) is 0.182. The van der Waals surface area contributed by atoms with Crippen LogP contribution >= 0.6 is 11.3 Å². The Morgan fingerprint density at radius 1 is 1.00 bits per heavy atom. The first-order valence-electron chi connectivity index (χ1n) is 9.06. The Bertz CT molecular complexity index is 1090. The zero-order chi connectivity index (χ0) is 19.5. The summed E-state index contributed by atoms with van der Waals surface area (Å²) in [6, 6.07) is 16.4. The Balaban J connectivity index is 1.66. The van der Waals surface area contributed by atoms with Crippen LogP contribution in [0.2, 0.25) is 0 Å². The van der Waals surface area contributed by atoms with Crippen LogP contribution in [0.15, 0.2) is 65.4 Å². The lowest BCUT2D eigenvalue weighted by Gasteiger charge is -2.40. The summed E-state index contributed by atoms with van der Waals surface area (Å²) in [5.74, 6) is -0.406. The van der Waals surface area contributed by atoms with Gasteiger partial charge in [-0.3, -0.25) is 14.5 Å². The van der Waals surface area contributed by atoms with Gasteiger partial charge in [0.15, 0.2) is 5.72 Å². The number of amides is 2. The number of fused-ring (bicyclic) bond motifs is 2. The highest BCUT2D eigenvalue weighted by Crippen LogP contribution is 2.47. The van der Waals surface area contributed by atoms with Crippen molar-refractivity contribution in [1.82, 2.24) is 9.80 Å². The molecule has 5 nitrogen and oxygen atoms in total. The zero-order valence-corrected chi connectivity index (χ0v) is 16.0. The molecular weight excluding hydrogens is 372 g/mol. The van der Waals surface area contributed by atoms with Gasteiger partial charge in [-0.2, -0.15) is 11.3 Å². The molecule has 3 heterocycles. The average Bonchev–Trinajstić information content (AvgIpc) is 3.35. The van der Waals surface area contributed by atoms with Crippen LogP contribution in [-0.4, -0.2) is 26.7 Å². The van der Waals surface area contributed by atoms with Crippen molar-refractivity contribution in [3.05, 3.63) is 93.2 Å². The molecular formula is C22H18N2O3S. The number of nitrogens with zero attached hydrogens (tertiary/aromatic N) is 2. The summed E-state index contributed by atoms with van der Waals surface area (Å²) < 4.78 is 0. The Labute approximate surface area is 166 Å². The molecule has 3 aromatic rings. The summed E-state index contributed by atoms with van der Waals surface area (Å²) in [7, 11) is 0. The minimum absolute atomic E-state index is 0.133. The summed E-state index contributed by atoms with van der Waals surface area (Å²) in [4.78, 5) is 29.6. The zero-order valence-electron chi connectivity index (χ0n) is 15.2. The van der Waals surface area contributed by atoms with Crippen LogP contribution in [-0.2, 0) is 12.3 Å². The van der Waals surface area contributed by atoms with Crippen LogP contribution < -0.4 is 0 Å². The number of aliphatic hydroxyl groups is 1. The van der Waals surface area contributed by atoms with E-state index in [9.17, 15) is 14.7 Å². The van der Waals surface area contributed by atoms with E-state index in [-0.39, 0.29) is 11.8 Å². The van der Waals surface area contributed by atoms with E-state index in [1.165, 1.54) is 4.90 Å². The first-order valence-corrected chi connectivity index (χ1v) is 10.0. The second-order valence-corrected chi connectivity index (χ2v) is 8.05. The Hall–Kier alpha value is -2.96. The van der Waals surface area contributed by atoms with E-state index >= 15 is 0 Å². The summed E-state index contributed by atoms with van der Waals surface area (Å²) in [5, 5.41) is 15.3. The van der Waals surface area contributed by atoms with Gasteiger partial charge in [0.05, 0.1) is 0 Å². The highest BCUT2D eigenvalue weighted by molar-refractivity contribution is 7.07. The fourth-order valence-electron chi connectivity index (χ4n) is 4.26. The van der Waals surface area contributed by atoms with E-state index in [2.05, 4.69) is 0 Å². The van der Waals surface area contributed by atoms with Gasteiger partial charge in [-0.05, 0) is 41.4 Å². The number of carbonyl (C=O) groups excluding carboxylic acids is 2. The first-order chi connectivity index (χ1) is 13.5. The Morgan fingerprint density at radius 2 is 1.71 bits per heavy atom. The number of carbonyl (C=O) groups is 2. The van der Waals surface area contributed by atoms with Gasteiger partial charge < -0.3 is 10.0 Å². The number of hydrogen-bond donors (Lipinski definition) is 1. The molecule has 2 aliphatic rings. The van der Waals surface area contributed by atoms with Crippen LogP contribution in [0.1, 0.15) is 50.5 Å². The fourth-order valence-corrected chi connectivity index (χ4v) is 4.92. The van der Waals surface area contributed by atoms with Crippen molar-refractivity contribution in [2.75, 3.05) is 0 Å². The lowest BCUT2D eigenvalue weighted by Crippen LogP contribution is -2.49. The van der Waals surface area contributed by atoms with Gasteiger partial charge in [0.2, 0.25) is 0 Å². The largest absolute Gasteiger partial charge is 0.367 e. The van der Waals surface area contributed by atoms with Crippen LogP contribution in [0.5, 0.6) is 0 Å². The maximum atomic E-state index is 13.3. The molecule has 0 saturated carbocycles. The van der Waals surface area contributed by atoms with E-state index < -0.39 is 11.9 Å². The van der Waals surface area contributed by atoms with Crippen LogP contribution in [0.4, 0.5) is 0 Å². The molecule has 0 bridgehead atoms. The molecule has 0 radical (unpaired) electrons. The maximum Gasteiger partial charge on any atom is 0.258 e. The molecule has 2 amide bonds. The van der Waals surface area contributed by atoms with Crippen molar-refractivity contribution in [2.24, 2.45) is 0 Å². The van der Waals surface area contributed by atoms with E-state index in [0.29, 0.717) is 23.2 Å². The Kier molecular flexibility index (Phi) is 3.69. The summed E-state index contributed by atoms with van der Waals surface area (Å²) >= 11 is 1.56. The topological polar surface area (TPSA) is 60.9 Å². The molecule has 140 valence electrons. The quantitative estimate of drug-likeness (QED) is 0.741. The summed E-state index contributed by atoms with van der Waals surface area (Å²) in [6.07, 6.45) is -0.668. The molecule has 2 atom stereocenters. The third-order valence-corrected chi connectivity index (χ3v) is 6.29. The van der Waals surface area contributed by atoms with Gasteiger partial charge in [0.1, 0.15) is 6.17 Å². The minimum atomic E-state index is -1.51. The highest BCUT2D eigenvalue weighted by atomic mass is 32.1. The van der Waals surface area contributed by atoms with Crippen molar-refractivity contribution < 1.29 is 14.7 Å². The van der Waals surface area contributed by atoms with E-state index in [0.717, 1.165) is 11.1 Å². The SMILES string of the molecule is CC1(O)c2ccccc2C(=O)N1C1c2ccccc2C(=O)N1Cc1ccsc1. The predicted molar refractivity (Wildman–Crippen MR) is 106 cm³/mol. The molecule has 1 N–H and O–H groups in total. The van der Waals surface area contributed by atoms with E-state index in [1.807, 2.05) is 35.0 Å². The average molecular weight is 390 g/mol. The number of thiophene rings is 1. The standard InChI is InChI=1S/C22H18N2O3S/c1-22(27)18-9-5-4-8-17(18)21(26)24(22)19-15-6-2-3-7-16(15)20(25)23(19)12-14-10-11-28-13-14/h2-11,13,19,27H,12H2,1H3. The highest BCUT2D eigenvalue weighted by Gasteiger charge is 2.53. The van der Waals surface area contributed by atoms with E-state index in [1.54, 1.807) is 53.5 Å². The van der Waals surface area contributed by atoms with Gasteiger partial charge in [0, 0.05) is 28.8 Å². The van der Waals surface area contributed by atoms with Crippen LogP contribution in [0.3, 0.4) is 0 Å². The lowest BCUT2D eigenvalue weighted by molar-refractivity contribution is -0.113.